The molecule has 0 saturated heterocycles. The molecule has 1 amide bonds. The summed E-state index contributed by atoms with van der Waals surface area (Å²) in [5.41, 5.74) is 0.840. The fraction of sp³-hybridized carbons (Fsp3) is 0.583. The van der Waals surface area contributed by atoms with Crippen LogP contribution in [0.4, 0.5) is 0 Å². The van der Waals surface area contributed by atoms with Gasteiger partial charge in [-0.15, -0.1) is 0 Å². The van der Waals surface area contributed by atoms with Crippen molar-refractivity contribution in [3.05, 3.63) is 23.7 Å². The molecule has 1 aromatic heterocycles. The molecule has 1 heterocycles. The molecule has 0 aliphatic heterocycles. The van der Waals surface area contributed by atoms with Gasteiger partial charge in [0.1, 0.15) is 0 Å². The molecular formula is C12H19NO3. The van der Waals surface area contributed by atoms with Gasteiger partial charge in [0.2, 0.25) is 0 Å². The summed E-state index contributed by atoms with van der Waals surface area (Å²) in [7, 11) is 0. The molecule has 2 N–H and O–H groups in total. The van der Waals surface area contributed by atoms with Crippen LogP contribution < -0.4 is 5.32 Å². The number of aliphatic hydroxyl groups is 1. The van der Waals surface area contributed by atoms with Crippen molar-refractivity contribution < 1.29 is 14.3 Å². The van der Waals surface area contributed by atoms with Crippen molar-refractivity contribution >= 4 is 5.91 Å². The number of furan rings is 1. The summed E-state index contributed by atoms with van der Waals surface area (Å²) in [6.45, 7) is 4.62. The SMILES string of the molecule is CCC(CCO)CNC(=O)c1occc1C. The number of rotatable bonds is 6. The first-order chi connectivity index (χ1) is 7.69. The fourth-order valence-electron chi connectivity index (χ4n) is 1.56. The molecule has 0 bridgehead atoms. The number of amides is 1. The lowest BCUT2D eigenvalue weighted by Crippen LogP contribution is -2.29. The van der Waals surface area contributed by atoms with Crippen LogP contribution in [0.5, 0.6) is 0 Å². The molecule has 0 fully saturated rings. The van der Waals surface area contributed by atoms with Crippen LogP contribution >= 0.6 is 0 Å². The molecule has 0 aliphatic rings. The first kappa shape index (κ1) is 12.8. The molecule has 1 atom stereocenters. The summed E-state index contributed by atoms with van der Waals surface area (Å²) >= 11 is 0. The molecule has 0 aromatic carbocycles. The van der Waals surface area contributed by atoms with Gasteiger partial charge in [-0.25, -0.2) is 0 Å². The van der Waals surface area contributed by atoms with E-state index in [0.717, 1.165) is 12.0 Å². The van der Waals surface area contributed by atoms with Crippen LogP contribution in [-0.4, -0.2) is 24.2 Å². The zero-order chi connectivity index (χ0) is 12.0. The van der Waals surface area contributed by atoms with E-state index in [-0.39, 0.29) is 12.5 Å². The third-order valence-corrected chi connectivity index (χ3v) is 2.73. The highest BCUT2D eigenvalue weighted by molar-refractivity contribution is 5.92. The number of carbonyl (C=O) groups excluding carboxylic acids is 1. The maximum Gasteiger partial charge on any atom is 0.287 e. The van der Waals surface area contributed by atoms with Crippen LogP contribution in [0.15, 0.2) is 16.7 Å². The minimum absolute atomic E-state index is 0.161. The van der Waals surface area contributed by atoms with Crippen LogP contribution in [0.3, 0.4) is 0 Å². The number of carbonyl (C=O) groups is 1. The average Bonchev–Trinajstić information content (AvgIpc) is 2.70. The number of aliphatic hydroxyl groups excluding tert-OH is 1. The van der Waals surface area contributed by atoms with E-state index in [0.29, 0.717) is 24.6 Å². The highest BCUT2D eigenvalue weighted by Gasteiger charge is 2.14. The minimum Gasteiger partial charge on any atom is -0.459 e. The Morgan fingerprint density at radius 2 is 2.38 bits per heavy atom. The van der Waals surface area contributed by atoms with E-state index in [4.69, 9.17) is 9.52 Å². The van der Waals surface area contributed by atoms with Crippen LogP contribution in [0.25, 0.3) is 0 Å². The van der Waals surface area contributed by atoms with Gasteiger partial charge in [-0.05, 0) is 25.3 Å². The predicted octanol–water partition coefficient (Wildman–Crippen LogP) is 1.73. The number of aryl methyl sites for hydroxylation is 1. The molecule has 1 unspecified atom stereocenters. The molecule has 0 spiro atoms. The van der Waals surface area contributed by atoms with Crippen molar-refractivity contribution in [2.75, 3.05) is 13.2 Å². The molecule has 90 valence electrons. The summed E-state index contributed by atoms with van der Waals surface area (Å²) in [6.07, 6.45) is 3.17. The second-order valence-corrected chi connectivity index (χ2v) is 3.93. The first-order valence-electron chi connectivity index (χ1n) is 5.62. The summed E-state index contributed by atoms with van der Waals surface area (Å²) in [5.74, 6) is 0.516. The second kappa shape index (κ2) is 6.33. The van der Waals surface area contributed by atoms with Crippen LogP contribution in [-0.2, 0) is 0 Å². The Morgan fingerprint density at radius 1 is 1.62 bits per heavy atom. The molecular weight excluding hydrogens is 206 g/mol. The monoisotopic (exact) mass is 225 g/mol. The molecule has 0 saturated carbocycles. The lowest BCUT2D eigenvalue weighted by molar-refractivity contribution is 0.0915. The first-order valence-corrected chi connectivity index (χ1v) is 5.62. The molecule has 4 nitrogen and oxygen atoms in total. The minimum atomic E-state index is -0.182. The van der Waals surface area contributed by atoms with E-state index in [2.05, 4.69) is 5.32 Å². The van der Waals surface area contributed by atoms with Gasteiger partial charge >= 0.3 is 0 Å². The Balaban J connectivity index is 2.43. The number of nitrogens with one attached hydrogen (secondary N) is 1. The third kappa shape index (κ3) is 3.38. The van der Waals surface area contributed by atoms with Crippen molar-refractivity contribution in [1.82, 2.24) is 5.32 Å². The molecule has 0 radical (unpaired) electrons. The van der Waals surface area contributed by atoms with Gasteiger partial charge in [0.05, 0.1) is 6.26 Å². The average molecular weight is 225 g/mol. The van der Waals surface area contributed by atoms with Crippen LogP contribution in [0.1, 0.15) is 35.9 Å². The van der Waals surface area contributed by atoms with E-state index >= 15 is 0 Å². The van der Waals surface area contributed by atoms with Gasteiger partial charge in [-0.1, -0.05) is 13.3 Å². The largest absolute Gasteiger partial charge is 0.459 e. The van der Waals surface area contributed by atoms with E-state index in [1.807, 2.05) is 13.8 Å². The van der Waals surface area contributed by atoms with E-state index in [1.165, 1.54) is 6.26 Å². The summed E-state index contributed by atoms with van der Waals surface area (Å²) in [4.78, 5) is 11.7. The summed E-state index contributed by atoms with van der Waals surface area (Å²) in [6, 6.07) is 1.76. The van der Waals surface area contributed by atoms with Crippen molar-refractivity contribution in [2.45, 2.75) is 26.7 Å². The van der Waals surface area contributed by atoms with Gasteiger partial charge in [0, 0.05) is 18.7 Å². The lowest BCUT2D eigenvalue weighted by atomic mass is 10.0. The highest BCUT2D eigenvalue weighted by atomic mass is 16.3. The predicted molar refractivity (Wildman–Crippen MR) is 61.3 cm³/mol. The van der Waals surface area contributed by atoms with Gasteiger partial charge in [0.25, 0.3) is 5.91 Å². The van der Waals surface area contributed by atoms with Gasteiger partial charge in [-0.2, -0.15) is 0 Å². The Kier molecular flexibility index (Phi) is 5.05. The summed E-state index contributed by atoms with van der Waals surface area (Å²) in [5, 5.41) is 11.6. The molecule has 4 heteroatoms. The van der Waals surface area contributed by atoms with Crippen LogP contribution in [0, 0.1) is 12.8 Å². The van der Waals surface area contributed by atoms with Crippen molar-refractivity contribution in [3.63, 3.8) is 0 Å². The zero-order valence-corrected chi connectivity index (χ0v) is 9.82. The fourth-order valence-corrected chi connectivity index (χ4v) is 1.56. The topological polar surface area (TPSA) is 62.5 Å². The molecule has 1 rings (SSSR count). The smallest absolute Gasteiger partial charge is 0.287 e. The van der Waals surface area contributed by atoms with E-state index in [9.17, 15) is 4.79 Å². The Hall–Kier alpha value is -1.29. The quantitative estimate of drug-likeness (QED) is 0.775. The highest BCUT2D eigenvalue weighted by Crippen LogP contribution is 2.10. The maximum absolute atomic E-state index is 11.7. The molecule has 16 heavy (non-hydrogen) atoms. The maximum atomic E-state index is 11.7. The van der Waals surface area contributed by atoms with Crippen molar-refractivity contribution in [3.8, 4) is 0 Å². The Labute approximate surface area is 95.7 Å². The van der Waals surface area contributed by atoms with Crippen molar-refractivity contribution in [1.29, 1.82) is 0 Å². The molecule has 0 aliphatic carbocycles. The standard InChI is InChI=1S/C12H19NO3/c1-3-10(4-6-14)8-13-12(15)11-9(2)5-7-16-11/h5,7,10,14H,3-4,6,8H2,1-2H3,(H,13,15). The number of hydrogen-bond acceptors (Lipinski definition) is 3. The lowest BCUT2D eigenvalue weighted by Gasteiger charge is -2.13. The Morgan fingerprint density at radius 3 is 2.88 bits per heavy atom. The normalized spacial score (nSPS) is 12.4. The molecule has 1 aromatic rings. The van der Waals surface area contributed by atoms with Crippen molar-refractivity contribution in [2.24, 2.45) is 5.92 Å². The van der Waals surface area contributed by atoms with E-state index in [1.54, 1.807) is 6.07 Å². The second-order valence-electron chi connectivity index (χ2n) is 3.93. The summed E-state index contributed by atoms with van der Waals surface area (Å²) < 4.78 is 5.09. The van der Waals surface area contributed by atoms with Gasteiger partial charge in [0.15, 0.2) is 5.76 Å². The third-order valence-electron chi connectivity index (χ3n) is 2.73. The van der Waals surface area contributed by atoms with Gasteiger partial charge < -0.3 is 14.8 Å². The van der Waals surface area contributed by atoms with Gasteiger partial charge in [-0.3, -0.25) is 4.79 Å². The number of hydrogen-bond donors (Lipinski definition) is 2. The Bertz CT molecular complexity index is 333. The van der Waals surface area contributed by atoms with E-state index < -0.39 is 0 Å². The zero-order valence-electron chi connectivity index (χ0n) is 9.82. The van der Waals surface area contributed by atoms with Crippen LogP contribution in [0.2, 0.25) is 0 Å².